The van der Waals surface area contributed by atoms with E-state index in [0.717, 1.165) is 47.5 Å². The number of rotatable bonds is 4. The molecule has 0 unspecified atom stereocenters. The van der Waals surface area contributed by atoms with Gasteiger partial charge in [-0.1, -0.05) is 0 Å². The highest BCUT2D eigenvalue weighted by Crippen LogP contribution is 2.38. The van der Waals surface area contributed by atoms with Gasteiger partial charge in [0, 0.05) is 33.1 Å². The molecule has 0 aliphatic carbocycles. The van der Waals surface area contributed by atoms with E-state index in [4.69, 9.17) is 14.2 Å². The van der Waals surface area contributed by atoms with Crippen LogP contribution in [0.2, 0.25) is 0 Å². The summed E-state index contributed by atoms with van der Waals surface area (Å²) < 4.78 is 10.4. The van der Waals surface area contributed by atoms with Crippen molar-refractivity contribution >= 4 is 39.3 Å². The summed E-state index contributed by atoms with van der Waals surface area (Å²) in [4.78, 5) is 31.4. The third kappa shape index (κ3) is 3.52. The lowest BCUT2D eigenvalue weighted by molar-refractivity contribution is 0.0605. The Bertz CT molecular complexity index is 1050. The molecule has 0 atom stereocenters. The highest BCUT2D eigenvalue weighted by atomic mass is 32.1. The Balaban J connectivity index is 1.60. The first-order valence-electron chi connectivity index (χ1n) is 9.51. The van der Waals surface area contributed by atoms with Crippen LogP contribution in [-0.2, 0) is 4.74 Å². The summed E-state index contributed by atoms with van der Waals surface area (Å²) in [6.07, 6.45) is 1.79. The second-order valence-electron chi connectivity index (χ2n) is 7.41. The van der Waals surface area contributed by atoms with E-state index < -0.39 is 0 Å². The number of carbonyl (C=O) groups excluding carboxylic acids is 1. The number of methoxy groups -OCH3 is 1. The molecule has 0 aromatic carbocycles. The number of ether oxygens (including phenoxy) is 1. The molecule has 0 spiro atoms. The maximum atomic E-state index is 12.1. The number of aromatic nitrogens is 4. The Kier molecular flexibility index (Phi) is 5.12. The summed E-state index contributed by atoms with van der Waals surface area (Å²) in [5.74, 6) is 2.77. The molecule has 29 heavy (non-hydrogen) atoms. The number of thiophene rings is 1. The van der Waals surface area contributed by atoms with Gasteiger partial charge >= 0.3 is 5.97 Å². The quantitative estimate of drug-likeness (QED) is 0.595. The summed E-state index contributed by atoms with van der Waals surface area (Å²) in [5, 5.41) is 4.96. The van der Waals surface area contributed by atoms with Gasteiger partial charge in [-0.25, -0.2) is 14.8 Å². The number of anilines is 2. The highest BCUT2D eigenvalue weighted by molar-refractivity contribution is 7.20. The van der Waals surface area contributed by atoms with Gasteiger partial charge in [0.1, 0.15) is 21.3 Å². The standard InChI is InChI=1S/C19H24N6O3S/c1-10-13-15(20-11(2)21-17(13)29-14(10)18(26)27-5)25-8-6-12(7-9-25)16-22-19(23-28-16)24(3)4/h12H,6-9H2,1-5H3. The Morgan fingerprint density at radius 3 is 2.55 bits per heavy atom. The largest absolute Gasteiger partial charge is 0.465 e. The Hall–Kier alpha value is -2.75. The van der Waals surface area contributed by atoms with Crippen molar-refractivity contribution in [2.75, 3.05) is 44.1 Å². The van der Waals surface area contributed by atoms with Crippen LogP contribution in [0, 0.1) is 13.8 Å². The van der Waals surface area contributed by atoms with Gasteiger partial charge in [0.2, 0.25) is 5.89 Å². The number of aryl methyl sites for hydroxylation is 2. The van der Waals surface area contributed by atoms with Crippen LogP contribution in [0.3, 0.4) is 0 Å². The van der Waals surface area contributed by atoms with Crippen molar-refractivity contribution in [2.45, 2.75) is 32.6 Å². The van der Waals surface area contributed by atoms with Crippen LogP contribution in [0.5, 0.6) is 0 Å². The smallest absolute Gasteiger partial charge is 0.348 e. The van der Waals surface area contributed by atoms with Gasteiger partial charge in [-0.3, -0.25) is 0 Å². The number of fused-ring (bicyclic) bond motifs is 1. The van der Waals surface area contributed by atoms with Crippen LogP contribution in [0.15, 0.2) is 4.52 Å². The van der Waals surface area contributed by atoms with Gasteiger partial charge < -0.3 is 19.1 Å². The lowest BCUT2D eigenvalue weighted by atomic mass is 9.96. The Morgan fingerprint density at radius 1 is 1.21 bits per heavy atom. The molecule has 1 fully saturated rings. The van der Waals surface area contributed by atoms with Gasteiger partial charge in [0.15, 0.2) is 0 Å². The summed E-state index contributed by atoms with van der Waals surface area (Å²) in [6.45, 7) is 5.45. The molecule has 0 N–H and O–H groups in total. The van der Waals surface area contributed by atoms with E-state index in [2.05, 4.69) is 20.0 Å². The third-order valence-electron chi connectivity index (χ3n) is 5.23. The molecule has 0 saturated carbocycles. The molecule has 154 valence electrons. The minimum atomic E-state index is -0.332. The number of hydrogen-bond acceptors (Lipinski definition) is 10. The normalized spacial score (nSPS) is 15.1. The first kappa shape index (κ1) is 19.6. The average Bonchev–Trinajstić information content (AvgIpc) is 3.32. The van der Waals surface area contributed by atoms with E-state index in [9.17, 15) is 4.79 Å². The fourth-order valence-corrected chi connectivity index (χ4v) is 4.79. The first-order chi connectivity index (χ1) is 13.9. The van der Waals surface area contributed by atoms with Crippen molar-refractivity contribution < 1.29 is 14.1 Å². The van der Waals surface area contributed by atoms with E-state index in [1.807, 2.05) is 32.8 Å². The lowest BCUT2D eigenvalue weighted by Crippen LogP contribution is -2.34. The predicted octanol–water partition coefficient (Wildman–Crippen LogP) is 2.93. The highest BCUT2D eigenvalue weighted by Gasteiger charge is 2.29. The molecule has 4 rings (SSSR count). The fraction of sp³-hybridized carbons (Fsp3) is 0.526. The summed E-state index contributed by atoms with van der Waals surface area (Å²) in [7, 11) is 5.19. The van der Waals surface area contributed by atoms with Gasteiger partial charge in [0.25, 0.3) is 5.95 Å². The van der Waals surface area contributed by atoms with Crippen LogP contribution < -0.4 is 9.80 Å². The van der Waals surface area contributed by atoms with E-state index in [-0.39, 0.29) is 11.9 Å². The van der Waals surface area contributed by atoms with Crippen molar-refractivity contribution in [3.8, 4) is 0 Å². The molecule has 1 aliphatic heterocycles. The lowest BCUT2D eigenvalue weighted by Gasteiger charge is -2.31. The number of esters is 1. The summed E-state index contributed by atoms with van der Waals surface area (Å²) in [5.41, 5.74) is 0.876. The van der Waals surface area contributed by atoms with E-state index in [1.54, 1.807) is 0 Å². The molecule has 0 radical (unpaired) electrons. The fourth-order valence-electron chi connectivity index (χ4n) is 3.65. The predicted molar refractivity (Wildman–Crippen MR) is 111 cm³/mol. The molecule has 4 heterocycles. The van der Waals surface area contributed by atoms with Crippen LogP contribution in [0.4, 0.5) is 11.8 Å². The SMILES string of the molecule is COC(=O)c1sc2nc(C)nc(N3CCC(c4nc(N(C)C)no4)CC3)c2c1C. The number of carbonyl (C=O) groups is 1. The van der Waals surface area contributed by atoms with Crippen molar-refractivity contribution in [1.82, 2.24) is 20.1 Å². The maximum absolute atomic E-state index is 12.1. The second kappa shape index (κ2) is 7.58. The zero-order valence-electron chi connectivity index (χ0n) is 17.2. The second-order valence-corrected chi connectivity index (χ2v) is 8.41. The number of nitrogens with zero attached hydrogens (tertiary/aromatic N) is 6. The van der Waals surface area contributed by atoms with Crippen LogP contribution in [0.25, 0.3) is 10.2 Å². The minimum Gasteiger partial charge on any atom is -0.465 e. The Morgan fingerprint density at radius 2 is 1.93 bits per heavy atom. The first-order valence-corrected chi connectivity index (χ1v) is 10.3. The number of piperidine rings is 1. The zero-order valence-corrected chi connectivity index (χ0v) is 18.0. The molecular formula is C19H24N6O3S. The van der Waals surface area contributed by atoms with Crippen molar-refractivity contribution in [3.63, 3.8) is 0 Å². The molecule has 3 aromatic rings. The van der Waals surface area contributed by atoms with Gasteiger partial charge in [-0.05, 0) is 37.4 Å². The van der Waals surface area contributed by atoms with Crippen LogP contribution >= 0.6 is 11.3 Å². The molecule has 1 aliphatic rings. The topological polar surface area (TPSA) is 97.5 Å². The summed E-state index contributed by atoms with van der Waals surface area (Å²) in [6, 6.07) is 0. The zero-order chi connectivity index (χ0) is 20.7. The van der Waals surface area contributed by atoms with Crippen molar-refractivity contribution in [3.05, 3.63) is 22.2 Å². The molecule has 3 aromatic heterocycles. The summed E-state index contributed by atoms with van der Waals surface area (Å²) >= 11 is 1.36. The number of hydrogen-bond donors (Lipinski definition) is 0. The average molecular weight is 417 g/mol. The Labute approximate surface area is 172 Å². The maximum Gasteiger partial charge on any atom is 0.348 e. The molecular weight excluding hydrogens is 392 g/mol. The third-order valence-corrected chi connectivity index (χ3v) is 6.39. The van der Waals surface area contributed by atoms with E-state index in [1.165, 1.54) is 18.4 Å². The van der Waals surface area contributed by atoms with E-state index >= 15 is 0 Å². The van der Waals surface area contributed by atoms with Gasteiger partial charge in [-0.15, -0.1) is 11.3 Å². The van der Waals surface area contributed by atoms with Crippen LogP contribution in [0.1, 0.15) is 45.7 Å². The monoisotopic (exact) mass is 416 g/mol. The van der Waals surface area contributed by atoms with E-state index in [0.29, 0.717) is 22.5 Å². The van der Waals surface area contributed by atoms with Crippen LogP contribution in [-0.4, -0.2) is 60.4 Å². The minimum absolute atomic E-state index is 0.236. The molecule has 0 amide bonds. The molecule has 0 bridgehead atoms. The molecule has 1 saturated heterocycles. The van der Waals surface area contributed by atoms with Gasteiger partial charge in [-0.2, -0.15) is 4.98 Å². The molecule has 10 heteroatoms. The molecule has 9 nitrogen and oxygen atoms in total. The van der Waals surface area contributed by atoms with Crippen molar-refractivity contribution in [1.29, 1.82) is 0 Å². The van der Waals surface area contributed by atoms with Crippen molar-refractivity contribution in [2.24, 2.45) is 0 Å². The van der Waals surface area contributed by atoms with Gasteiger partial charge in [0.05, 0.1) is 12.5 Å².